The van der Waals surface area contributed by atoms with Crippen molar-refractivity contribution < 1.29 is 27.2 Å². The molecule has 0 bridgehead atoms. The molecular weight excluding hydrogens is 377 g/mol. The van der Waals surface area contributed by atoms with E-state index in [4.69, 9.17) is 4.42 Å². The van der Waals surface area contributed by atoms with Crippen molar-refractivity contribution in [1.82, 2.24) is 15.2 Å². The molecule has 2 aromatic rings. The first kappa shape index (κ1) is 19.7. The minimum atomic E-state index is -4.41. The Morgan fingerprint density at radius 3 is 2.46 bits per heavy atom. The topological polar surface area (TPSA) is 78.7 Å². The van der Waals surface area contributed by atoms with Crippen LogP contribution in [-0.4, -0.2) is 54.4 Å². The molecule has 1 saturated heterocycles. The molecule has 0 spiro atoms. The van der Waals surface area contributed by atoms with Crippen molar-refractivity contribution in [2.24, 2.45) is 0 Å². The third-order valence-corrected chi connectivity index (χ3v) is 4.40. The normalized spacial score (nSPS) is 14.8. The summed E-state index contributed by atoms with van der Waals surface area (Å²) in [5, 5.41) is 2.61. The number of furan rings is 1. The number of piperazine rings is 1. The summed E-state index contributed by atoms with van der Waals surface area (Å²) in [7, 11) is 0. The molecule has 0 radical (unpaired) electrons. The van der Waals surface area contributed by atoms with Crippen LogP contribution in [0.2, 0.25) is 0 Å². The lowest BCUT2D eigenvalue weighted by atomic mass is 10.2. The maximum atomic E-state index is 12.6. The van der Waals surface area contributed by atoms with Crippen LogP contribution < -0.4 is 10.2 Å². The van der Waals surface area contributed by atoms with Gasteiger partial charge in [0.25, 0.3) is 5.91 Å². The number of pyridine rings is 1. The van der Waals surface area contributed by atoms with Crippen LogP contribution in [-0.2, 0) is 11.0 Å². The molecule has 1 aliphatic rings. The number of alkyl halides is 3. The second kappa shape index (κ2) is 8.32. The number of amides is 2. The Balaban J connectivity index is 1.43. The third-order valence-electron chi connectivity index (χ3n) is 4.40. The fourth-order valence-electron chi connectivity index (χ4n) is 2.86. The summed E-state index contributed by atoms with van der Waals surface area (Å²) < 4.78 is 42.8. The molecule has 0 unspecified atom stereocenters. The molecule has 2 aromatic heterocycles. The fourth-order valence-corrected chi connectivity index (χ4v) is 2.86. The van der Waals surface area contributed by atoms with Crippen LogP contribution >= 0.6 is 0 Å². The quantitative estimate of drug-likeness (QED) is 0.838. The molecule has 3 rings (SSSR count). The number of nitrogens with one attached hydrogen (secondary N) is 1. The standard InChI is InChI=1S/C18H19F3N4O3/c19-18(20,21)13-3-4-15(23-12-13)24-7-9-25(10-8-24)16(26)5-6-22-17(27)14-2-1-11-28-14/h1-4,11-12H,5-10H2,(H,22,27). The average Bonchev–Trinajstić information content (AvgIpc) is 3.22. The highest BCUT2D eigenvalue weighted by atomic mass is 19.4. The van der Waals surface area contributed by atoms with Gasteiger partial charge in [-0.15, -0.1) is 0 Å². The Bertz CT molecular complexity index is 798. The van der Waals surface area contributed by atoms with E-state index in [1.165, 1.54) is 18.4 Å². The molecule has 7 nitrogen and oxygen atoms in total. The first-order chi connectivity index (χ1) is 13.3. The van der Waals surface area contributed by atoms with Crippen LogP contribution in [0.4, 0.5) is 19.0 Å². The summed E-state index contributed by atoms with van der Waals surface area (Å²) in [6.45, 7) is 2.02. The number of halogens is 3. The molecule has 0 aliphatic carbocycles. The van der Waals surface area contributed by atoms with E-state index in [9.17, 15) is 22.8 Å². The van der Waals surface area contributed by atoms with E-state index in [0.717, 1.165) is 12.3 Å². The zero-order valence-electron chi connectivity index (χ0n) is 14.9. The van der Waals surface area contributed by atoms with Gasteiger partial charge in [0.1, 0.15) is 5.82 Å². The highest BCUT2D eigenvalue weighted by Gasteiger charge is 2.31. The smallest absolute Gasteiger partial charge is 0.417 e. The van der Waals surface area contributed by atoms with E-state index >= 15 is 0 Å². The minimum Gasteiger partial charge on any atom is -0.459 e. The minimum absolute atomic E-state index is 0.0974. The maximum Gasteiger partial charge on any atom is 0.417 e. The second-order valence-corrected chi connectivity index (χ2v) is 6.25. The Morgan fingerprint density at radius 1 is 1.14 bits per heavy atom. The van der Waals surface area contributed by atoms with Gasteiger partial charge in [0.2, 0.25) is 5.91 Å². The van der Waals surface area contributed by atoms with Crippen LogP contribution in [0.1, 0.15) is 22.5 Å². The van der Waals surface area contributed by atoms with Gasteiger partial charge in [-0.25, -0.2) is 4.98 Å². The molecule has 0 saturated carbocycles. The molecule has 10 heteroatoms. The summed E-state index contributed by atoms with van der Waals surface area (Å²) in [5.74, 6) is 0.159. The number of nitrogens with zero attached hydrogens (tertiary/aromatic N) is 3. The summed E-state index contributed by atoms with van der Waals surface area (Å²) in [5.41, 5.74) is -0.790. The highest BCUT2D eigenvalue weighted by molar-refractivity contribution is 5.91. The molecule has 1 fully saturated rings. The van der Waals surface area contributed by atoms with Crippen LogP contribution in [0.5, 0.6) is 0 Å². The van der Waals surface area contributed by atoms with Crippen LogP contribution in [0.25, 0.3) is 0 Å². The molecule has 1 N–H and O–H groups in total. The molecule has 0 aromatic carbocycles. The van der Waals surface area contributed by atoms with Crippen LogP contribution in [0, 0.1) is 0 Å². The summed E-state index contributed by atoms with van der Waals surface area (Å²) in [6, 6.07) is 5.47. The van der Waals surface area contributed by atoms with Gasteiger partial charge in [-0.05, 0) is 24.3 Å². The first-order valence-corrected chi connectivity index (χ1v) is 8.72. The predicted molar refractivity (Wildman–Crippen MR) is 93.7 cm³/mol. The van der Waals surface area contributed by atoms with Crippen LogP contribution in [0.15, 0.2) is 41.1 Å². The van der Waals surface area contributed by atoms with Gasteiger partial charge in [0.15, 0.2) is 5.76 Å². The van der Waals surface area contributed by atoms with Gasteiger partial charge < -0.3 is 19.5 Å². The van der Waals surface area contributed by atoms with Crippen molar-refractivity contribution in [3.63, 3.8) is 0 Å². The fraction of sp³-hybridized carbons (Fsp3) is 0.389. The predicted octanol–water partition coefficient (Wildman–Crippen LogP) is 2.16. The molecular formula is C18H19F3N4O3. The van der Waals surface area contributed by atoms with Crippen molar-refractivity contribution >= 4 is 17.6 Å². The van der Waals surface area contributed by atoms with E-state index in [-0.39, 0.29) is 30.5 Å². The average molecular weight is 396 g/mol. The van der Waals surface area contributed by atoms with Gasteiger partial charge in [-0.1, -0.05) is 0 Å². The Kier molecular flexibility index (Phi) is 5.86. The van der Waals surface area contributed by atoms with E-state index < -0.39 is 11.7 Å². The molecule has 28 heavy (non-hydrogen) atoms. The van der Waals surface area contributed by atoms with Crippen molar-refractivity contribution in [1.29, 1.82) is 0 Å². The van der Waals surface area contributed by atoms with E-state index in [1.807, 2.05) is 4.90 Å². The number of anilines is 1. The SMILES string of the molecule is O=C(NCCC(=O)N1CCN(c2ccc(C(F)(F)F)cn2)CC1)c1ccco1. The van der Waals surface area contributed by atoms with E-state index in [0.29, 0.717) is 32.0 Å². The summed E-state index contributed by atoms with van der Waals surface area (Å²) in [6.07, 6.45) is -2.05. The zero-order valence-corrected chi connectivity index (χ0v) is 14.9. The number of hydrogen-bond donors (Lipinski definition) is 1. The maximum absolute atomic E-state index is 12.6. The number of carbonyl (C=O) groups excluding carboxylic acids is 2. The highest BCUT2D eigenvalue weighted by Crippen LogP contribution is 2.29. The Hall–Kier alpha value is -3.04. The molecule has 1 aliphatic heterocycles. The van der Waals surface area contributed by atoms with Crippen LogP contribution in [0.3, 0.4) is 0 Å². The number of aromatic nitrogens is 1. The molecule has 0 atom stereocenters. The number of rotatable bonds is 5. The number of carbonyl (C=O) groups is 2. The van der Waals surface area contributed by atoms with Crippen molar-refractivity contribution in [2.45, 2.75) is 12.6 Å². The van der Waals surface area contributed by atoms with E-state index in [1.54, 1.807) is 11.0 Å². The van der Waals surface area contributed by atoms with Crippen molar-refractivity contribution in [3.8, 4) is 0 Å². The lowest BCUT2D eigenvalue weighted by Gasteiger charge is -2.35. The Labute approximate surface area is 159 Å². The van der Waals surface area contributed by atoms with Gasteiger partial charge in [-0.3, -0.25) is 9.59 Å². The molecule has 3 heterocycles. The van der Waals surface area contributed by atoms with Gasteiger partial charge in [0, 0.05) is 45.3 Å². The summed E-state index contributed by atoms with van der Waals surface area (Å²) >= 11 is 0. The summed E-state index contributed by atoms with van der Waals surface area (Å²) in [4.78, 5) is 31.4. The van der Waals surface area contributed by atoms with Gasteiger partial charge in [-0.2, -0.15) is 13.2 Å². The first-order valence-electron chi connectivity index (χ1n) is 8.72. The second-order valence-electron chi connectivity index (χ2n) is 6.25. The van der Waals surface area contributed by atoms with Gasteiger partial charge >= 0.3 is 6.18 Å². The molecule has 150 valence electrons. The lowest BCUT2D eigenvalue weighted by molar-refractivity contribution is -0.137. The lowest BCUT2D eigenvalue weighted by Crippen LogP contribution is -2.49. The zero-order chi connectivity index (χ0) is 20.1. The monoisotopic (exact) mass is 396 g/mol. The van der Waals surface area contributed by atoms with Gasteiger partial charge in [0.05, 0.1) is 11.8 Å². The number of hydrogen-bond acceptors (Lipinski definition) is 5. The largest absolute Gasteiger partial charge is 0.459 e. The van der Waals surface area contributed by atoms with E-state index in [2.05, 4.69) is 10.3 Å². The third kappa shape index (κ3) is 4.81. The van der Waals surface area contributed by atoms with Crippen molar-refractivity contribution in [3.05, 3.63) is 48.0 Å². The Morgan fingerprint density at radius 2 is 1.89 bits per heavy atom. The van der Waals surface area contributed by atoms with Crippen molar-refractivity contribution in [2.75, 3.05) is 37.6 Å². The molecule has 2 amide bonds.